The fourth-order valence-corrected chi connectivity index (χ4v) is 4.67. The second kappa shape index (κ2) is 8.97. The number of ether oxygens (including phenoxy) is 1. The quantitative estimate of drug-likeness (QED) is 0.767. The standard InChI is InChI=1S/C22H33N5O/c1-3-25-12-10-23-22(25)18-24-11-6-7-19(17-24)26-13-15-27(16-14-26)20-8-4-5-9-21(20)28-2/h4-5,8-10,12,19H,3,6-7,11,13-18H2,1-2H3/t19-/m0/s1. The van der Waals surface area contributed by atoms with Crippen LogP contribution in [0.1, 0.15) is 25.6 Å². The van der Waals surface area contributed by atoms with E-state index in [4.69, 9.17) is 4.74 Å². The van der Waals surface area contributed by atoms with Crippen molar-refractivity contribution in [3.05, 3.63) is 42.5 Å². The van der Waals surface area contributed by atoms with Gasteiger partial charge >= 0.3 is 0 Å². The lowest BCUT2D eigenvalue weighted by Gasteiger charge is -2.44. The maximum absolute atomic E-state index is 5.55. The monoisotopic (exact) mass is 383 g/mol. The van der Waals surface area contributed by atoms with Crippen LogP contribution in [0, 0.1) is 0 Å². The van der Waals surface area contributed by atoms with E-state index >= 15 is 0 Å². The van der Waals surface area contributed by atoms with E-state index in [-0.39, 0.29) is 0 Å². The maximum Gasteiger partial charge on any atom is 0.142 e. The number of hydrogen-bond donors (Lipinski definition) is 0. The van der Waals surface area contributed by atoms with Crippen molar-refractivity contribution in [2.45, 2.75) is 38.9 Å². The highest BCUT2D eigenvalue weighted by Gasteiger charge is 2.29. The highest BCUT2D eigenvalue weighted by Crippen LogP contribution is 2.29. The molecule has 1 aromatic heterocycles. The zero-order chi connectivity index (χ0) is 19.3. The number of likely N-dealkylation sites (tertiary alicyclic amines) is 1. The molecular weight excluding hydrogens is 350 g/mol. The Kier molecular flexibility index (Phi) is 6.17. The second-order valence-electron chi connectivity index (χ2n) is 7.86. The van der Waals surface area contributed by atoms with Crippen molar-refractivity contribution in [2.24, 2.45) is 0 Å². The lowest BCUT2D eigenvalue weighted by atomic mass is 10.0. The molecule has 6 nitrogen and oxygen atoms in total. The number of nitrogens with zero attached hydrogens (tertiary/aromatic N) is 5. The van der Waals surface area contributed by atoms with Gasteiger partial charge in [0, 0.05) is 57.7 Å². The van der Waals surface area contributed by atoms with E-state index < -0.39 is 0 Å². The van der Waals surface area contributed by atoms with E-state index in [0.29, 0.717) is 6.04 Å². The van der Waals surface area contributed by atoms with Gasteiger partial charge in [-0.3, -0.25) is 9.80 Å². The van der Waals surface area contributed by atoms with Gasteiger partial charge in [-0.15, -0.1) is 0 Å². The van der Waals surface area contributed by atoms with Crippen LogP contribution in [0.4, 0.5) is 5.69 Å². The molecule has 2 saturated heterocycles. The minimum Gasteiger partial charge on any atom is -0.495 e. The molecular formula is C22H33N5O. The summed E-state index contributed by atoms with van der Waals surface area (Å²) in [5, 5.41) is 0. The predicted molar refractivity (Wildman–Crippen MR) is 113 cm³/mol. The topological polar surface area (TPSA) is 36.8 Å². The van der Waals surface area contributed by atoms with Crippen LogP contribution in [-0.2, 0) is 13.1 Å². The second-order valence-corrected chi connectivity index (χ2v) is 7.86. The number of aryl methyl sites for hydroxylation is 1. The summed E-state index contributed by atoms with van der Waals surface area (Å²) in [5.41, 5.74) is 1.22. The Labute approximate surface area is 168 Å². The average Bonchev–Trinajstić information content (AvgIpc) is 3.21. The van der Waals surface area contributed by atoms with Crippen LogP contribution in [0.25, 0.3) is 0 Å². The Morgan fingerprint density at radius 1 is 1.11 bits per heavy atom. The van der Waals surface area contributed by atoms with Gasteiger partial charge in [0.05, 0.1) is 19.3 Å². The predicted octanol–water partition coefficient (Wildman–Crippen LogP) is 2.70. The molecule has 0 bridgehead atoms. The van der Waals surface area contributed by atoms with Crippen LogP contribution in [0.3, 0.4) is 0 Å². The summed E-state index contributed by atoms with van der Waals surface area (Å²) in [6.07, 6.45) is 6.61. The summed E-state index contributed by atoms with van der Waals surface area (Å²) in [5.74, 6) is 2.18. The molecule has 28 heavy (non-hydrogen) atoms. The highest BCUT2D eigenvalue weighted by atomic mass is 16.5. The Morgan fingerprint density at radius 2 is 1.93 bits per heavy atom. The first-order valence-electron chi connectivity index (χ1n) is 10.6. The Bertz CT molecular complexity index is 753. The Morgan fingerprint density at radius 3 is 2.71 bits per heavy atom. The average molecular weight is 384 g/mol. The van der Waals surface area contributed by atoms with Crippen molar-refractivity contribution < 1.29 is 4.74 Å². The first-order valence-corrected chi connectivity index (χ1v) is 10.6. The van der Waals surface area contributed by atoms with Crippen LogP contribution in [-0.4, -0.2) is 71.8 Å². The lowest BCUT2D eigenvalue weighted by molar-refractivity contribution is 0.0867. The summed E-state index contributed by atoms with van der Waals surface area (Å²) < 4.78 is 7.81. The van der Waals surface area contributed by atoms with Gasteiger partial charge in [-0.05, 0) is 38.4 Å². The SMILES string of the molecule is CCn1ccnc1CN1CCC[C@H](N2CCN(c3ccccc3OC)CC2)C1. The van der Waals surface area contributed by atoms with Gasteiger partial charge in [-0.2, -0.15) is 0 Å². The molecule has 2 aromatic rings. The third-order valence-corrected chi connectivity index (χ3v) is 6.24. The summed E-state index contributed by atoms with van der Waals surface area (Å²) in [6.45, 7) is 10.9. The number of piperidine rings is 1. The van der Waals surface area contributed by atoms with Crippen LogP contribution in [0.2, 0.25) is 0 Å². The molecule has 0 saturated carbocycles. The molecule has 0 radical (unpaired) electrons. The van der Waals surface area contributed by atoms with Crippen molar-refractivity contribution in [2.75, 3.05) is 51.3 Å². The lowest BCUT2D eigenvalue weighted by Crippen LogP contribution is -2.55. The molecule has 2 aliphatic rings. The van der Waals surface area contributed by atoms with Gasteiger partial charge in [0.2, 0.25) is 0 Å². The number of para-hydroxylation sites is 2. The Hall–Kier alpha value is -2.05. The van der Waals surface area contributed by atoms with E-state index in [9.17, 15) is 0 Å². The smallest absolute Gasteiger partial charge is 0.142 e. The fourth-order valence-electron chi connectivity index (χ4n) is 4.67. The molecule has 2 fully saturated rings. The number of benzene rings is 1. The minimum absolute atomic E-state index is 0.665. The van der Waals surface area contributed by atoms with Crippen LogP contribution in [0.5, 0.6) is 5.75 Å². The van der Waals surface area contributed by atoms with Crippen molar-refractivity contribution >= 4 is 5.69 Å². The van der Waals surface area contributed by atoms with Gasteiger partial charge in [-0.25, -0.2) is 4.98 Å². The van der Waals surface area contributed by atoms with E-state index in [2.05, 4.69) is 55.6 Å². The van der Waals surface area contributed by atoms with E-state index in [1.54, 1.807) is 7.11 Å². The van der Waals surface area contributed by atoms with Crippen LogP contribution >= 0.6 is 0 Å². The molecule has 0 amide bonds. The summed E-state index contributed by atoms with van der Waals surface area (Å²) >= 11 is 0. The minimum atomic E-state index is 0.665. The number of aromatic nitrogens is 2. The number of hydrogen-bond acceptors (Lipinski definition) is 5. The maximum atomic E-state index is 5.55. The zero-order valence-corrected chi connectivity index (χ0v) is 17.3. The number of rotatable bonds is 6. The van der Waals surface area contributed by atoms with Gasteiger partial charge < -0.3 is 14.2 Å². The number of imidazole rings is 1. The Balaban J connectivity index is 1.33. The number of anilines is 1. The van der Waals surface area contributed by atoms with E-state index in [1.165, 1.54) is 30.9 Å². The third kappa shape index (κ3) is 4.18. The first-order chi connectivity index (χ1) is 13.8. The molecule has 4 rings (SSSR count). The molecule has 0 spiro atoms. The van der Waals surface area contributed by atoms with Crippen molar-refractivity contribution in [1.29, 1.82) is 0 Å². The summed E-state index contributed by atoms with van der Waals surface area (Å²) in [6, 6.07) is 9.04. The number of piperazine rings is 1. The van der Waals surface area contributed by atoms with Crippen molar-refractivity contribution in [1.82, 2.24) is 19.4 Å². The van der Waals surface area contributed by atoms with Gasteiger partial charge in [0.1, 0.15) is 11.6 Å². The van der Waals surface area contributed by atoms with Gasteiger partial charge in [0.15, 0.2) is 0 Å². The normalized spacial score (nSPS) is 21.8. The van der Waals surface area contributed by atoms with Crippen LogP contribution in [0.15, 0.2) is 36.7 Å². The van der Waals surface area contributed by atoms with E-state index in [0.717, 1.165) is 51.6 Å². The molecule has 0 aliphatic carbocycles. The molecule has 3 heterocycles. The molecule has 1 aromatic carbocycles. The molecule has 152 valence electrons. The summed E-state index contributed by atoms with van der Waals surface area (Å²) in [7, 11) is 1.76. The molecule has 1 atom stereocenters. The number of methoxy groups -OCH3 is 1. The molecule has 2 aliphatic heterocycles. The molecule has 0 unspecified atom stereocenters. The molecule has 6 heteroatoms. The largest absolute Gasteiger partial charge is 0.495 e. The van der Waals surface area contributed by atoms with Gasteiger partial charge in [-0.1, -0.05) is 12.1 Å². The summed E-state index contributed by atoms with van der Waals surface area (Å²) in [4.78, 5) is 12.3. The van der Waals surface area contributed by atoms with Crippen LogP contribution < -0.4 is 9.64 Å². The first kappa shape index (κ1) is 19.3. The van der Waals surface area contributed by atoms with E-state index in [1.807, 2.05) is 12.3 Å². The van der Waals surface area contributed by atoms with Gasteiger partial charge in [0.25, 0.3) is 0 Å². The molecule has 0 N–H and O–H groups in total. The fraction of sp³-hybridized carbons (Fsp3) is 0.591. The van der Waals surface area contributed by atoms with Crippen molar-refractivity contribution in [3.63, 3.8) is 0 Å². The van der Waals surface area contributed by atoms with Crippen molar-refractivity contribution in [3.8, 4) is 5.75 Å². The zero-order valence-electron chi connectivity index (χ0n) is 17.3. The highest BCUT2D eigenvalue weighted by molar-refractivity contribution is 5.58. The third-order valence-electron chi connectivity index (χ3n) is 6.24.